The highest BCUT2D eigenvalue weighted by Gasteiger charge is 2.58. The van der Waals surface area contributed by atoms with E-state index in [4.69, 9.17) is 0 Å². The Balaban J connectivity index is 1.35. The first-order valence-corrected chi connectivity index (χ1v) is 12.3. The second kappa shape index (κ2) is 8.53. The molecule has 1 saturated heterocycles. The summed E-state index contributed by atoms with van der Waals surface area (Å²) in [4.78, 5) is 20.1. The van der Waals surface area contributed by atoms with Crippen LogP contribution in [0.4, 0.5) is 24.7 Å². The molecular formula is C23H26F3N5O2S. The first-order chi connectivity index (χ1) is 16.1. The summed E-state index contributed by atoms with van der Waals surface area (Å²) >= 11 is -1.66. The molecule has 2 aliphatic heterocycles. The molecule has 1 aromatic heterocycles. The zero-order valence-corrected chi connectivity index (χ0v) is 19.8. The molecule has 2 fully saturated rings. The normalized spacial score (nSPS) is 23.9. The van der Waals surface area contributed by atoms with Gasteiger partial charge in [-0.05, 0) is 29.8 Å². The number of rotatable bonds is 5. The predicted molar refractivity (Wildman–Crippen MR) is 124 cm³/mol. The Morgan fingerprint density at radius 3 is 2.53 bits per heavy atom. The molecule has 0 radical (unpaired) electrons. The van der Waals surface area contributed by atoms with Crippen LogP contribution in [-0.4, -0.2) is 70.6 Å². The molecule has 1 aliphatic carbocycles. The zero-order chi connectivity index (χ0) is 24.2. The molecule has 1 saturated carbocycles. The molecule has 11 heteroatoms. The monoisotopic (exact) mass is 493 g/mol. The summed E-state index contributed by atoms with van der Waals surface area (Å²) < 4.78 is 57.3. The lowest BCUT2D eigenvalue weighted by molar-refractivity contribution is -0.130. The minimum atomic E-state index is -2.71. The van der Waals surface area contributed by atoms with Crippen LogP contribution in [0.1, 0.15) is 18.9 Å². The fraction of sp³-hybridized carbons (Fsp3) is 0.478. The molecule has 7 nitrogen and oxygen atoms in total. The number of halogens is 3. The van der Waals surface area contributed by atoms with Gasteiger partial charge in [-0.15, -0.1) is 0 Å². The summed E-state index contributed by atoms with van der Waals surface area (Å²) in [7, 11) is 1.59. The number of hydrogen-bond acceptors (Lipinski definition) is 4. The molecule has 3 heterocycles. The second-order valence-corrected chi connectivity index (χ2v) is 10.5. The number of fused-ring (bicyclic) bond motifs is 1. The van der Waals surface area contributed by atoms with Crippen molar-refractivity contribution in [1.29, 1.82) is 0 Å². The Kier molecular flexibility index (Phi) is 5.79. The van der Waals surface area contributed by atoms with Crippen molar-refractivity contribution < 1.29 is 22.2 Å². The number of piperazine rings is 1. The smallest absolute Gasteiger partial charge is 0.253 e. The van der Waals surface area contributed by atoms with E-state index < -0.39 is 28.8 Å². The Morgan fingerprint density at radius 1 is 1.18 bits per heavy atom. The number of hydrogen-bond donors (Lipinski definition) is 0. The number of pyridine rings is 1. The molecule has 2 unspecified atom stereocenters. The van der Waals surface area contributed by atoms with E-state index in [9.17, 15) is 22.2 Å². The van der Waals surface area contributed by atoms with Crippen molar-refractivity contribution in [1.82, 2.24) is 14.8 Å². The minimum absolute atomic E-state index is 0.0152. The van der Waals surface area contributed by atoms with E-state index in [1.165, 1.54) is 14.7 Å². The predicted octanol–water partition coefficient (Wildman–Crippen LogP) is 3.04. The van der Waals surface area contributed by atoms with Gasteiger partial charge in [-0.1, -0.05) is 6.07 Å². The third-order valence-electron chi connectivity index (χ3n) is 6.72. The van der Waals surface area contributed by atoms with Gasteiger partial charge in [0.15, 0.2) is 5.82 Å². The summed E-state index contributed by atoms with van der Waals surface area (Å²) in [6, 6.07) is 8.22. The van der Waals surface area contributed by atoms with Gasteiger partial charge in [-0.2, -0.15) is 0 Å². The molecular weight excluding hydrogens is 467 g/mol. The Hall–Kier alpha value is -2.66. The molecule has 0 bridgehead atoms. The largest absolute Gasteiger partial charge is 0.340 e. The molecule has 0 N–H and O–H groups in total. The molecule has 3 aliphatic rings. The molecule has 1 aromatic carbocycles. The fourth-order valence-corrected chi connectivity index (χ4v) is 5.70. The van der Waals surface area contributed by atoms with Crippen molar-refractivity contribution in [3.63, 3.8) is 0 Å². The minimum Gasteiger partial charge on any atom is -0.340 e. The van der Waals surface area contributed by atoms with Crippen molar-refractivity contribution >= 4 is 28.6 Å². The maximum absolute atomic E-state index is 14.8. The highest BCUT2D eigenvalue weighted by atomic mass is 32.2. The SMILES string of the molecule is CC(=O)N1CCN(Cc2ccc(F)c(-c3ccc4c(n3)N(C)S(=O)N4CC3CC3(F)F)c2)CC1. The van der Waals surface area contributed by atoms with E-state index in [1.54, 1.807) is 38.2 Å². The highest BCUT2D eigenvalue weighted by Crippen LogP contribution is 2.51. The van der Waals surface area contributed by atoms with Crippen LogP contribution < -0.4 is 8.61 Å². The summed E-state index contributed by atoms with van der Waals surface area (Å²) in [6.45, 7) is 5.01. The molecule has 182 valence electrons. The zero-order valence-electron chi connectivity index (χ0n) is 19.0. The number of carbonyl (C=O) groups excluding carboxylic acids is 1. The van der Waals surface area contributed by atoms with Crippen LogP contribution in [0.15, 0.2) is 30.3 Å². The van der Waals surface area contributed by atoms with E-state index in [-0.39, 0.29) is 18.9 Å². The van der Waals surface area contributed by atoms with E-state index >= 15 is 0 Å². The highest BCUT2D eigenvalue weighted by molar-refractivity contribution is 7.88. The number of carbonyl (C=O) groups is 1. The summed E-state index contributed by atoms with van der Waals surface area (Å²) in [6.07, 6.45) is -0.201. The number of aromatic nitrogens is 1. The van der Waals surface area contributed by atoms with Gasteiger partial charge in [0, 0.05) is 71.1 Å². The van der Waals surface area contributed by atoms with E-state index in [0.717, 1.165) is 18.7 Å². The summed E-state index contributed by atoms with van der Waals surface area (Å²) in [5, 5.41) is 0. The van der Waals surface area contributed by atoms with Crippen molar-refractivity contribution in [2.45, 2.75) is 25.8 Å². The van der Waals surface area contributed by atoms with Crippen LogP contribution in [0.25, 0.3) is 11.3 Å². The van der Waals surface area contributed by atoms with Gasteiger partial charge >= 0.3 is 0 Å². The van der Waals surface area contributed by atoms with Crippen molar-refractivity contribution in [2.24, 2.45) is 5.92 Å². The van der Waals surface area contributed by atoms with Crippen LogP contribution in [-0.2, 0) is 22.5 Å². The van der Waals surface area contributed by atoms with Gasteiger partial charge in [-0.25, -0.2) is 22.4 Å². The van der Waals surface area contributed by atoms with E-state index in [2.05, 4.69) is 9.88 Å². The van der Waals surface area contributed by atoms with Crippen molar-refractivity contribution in [3.8, 4) is 11.3 Å². The molecule has 34 heavy (non-hydrogen) atoms. The quantitative estimate of drug-likeness (QED) is 0.643. The van der Waals surface area contributed by atoms with Crippen LogP contribution in [0, 0.1) is 11.7 Å². The Morgan fingerprint density at radius 2 is 1.88 bits per heavy atom. The summed E-state index contributed by atoms with van der Waals surface area (Å²) in [5.74, 6) is -3.50. The third kappa shape index (κ3) is 4.26. The third-order valence-corrected chi connectivity index (χ3v) is 8.08. The maximum Gasteiger partial charge on any atom is 0.253 e. The first-order valence-electron chi connectivity index (χ1n) is 11.2. The van der Waals surface area contributed by atoms with Gasteiger partial charge in [0.25, 0.3) is 5.92 Å². The lowest BCUT2D eigenvalue weighted by Crippen LogP contribution is -2.47. The lowest BCUT2D eigenvalue weighted by atomic mass is 10.1. The van der Waals surface area contributed by atoms with Gasteiger partial charge in [-0.3, -0.25) is 18.3 Å². The first kappa shape index (κ1) is 23.1. The van der Waals surface area contributed by atoms with Crippen LogP contribution in [0.2, 0.25) is 0 Å². The van der Waals surface area contributed by atoms with Crippen LogP contribution in [0.5, 0.6) is 0 Å². The number of benzene rings is 1. The Bertz CT molecular complexity index is 1160. The summed E-state index contributed by atoms with van der Waals surface area (Å²) in [5.41, 5.74) is 2.15. The molecule has 2 atom stereocenters. The number of anilines is 2. The average Bonchev–Trinajstić information content (AvgIpc) is 3.35. The fourth-order valence-electron chi connectivity index (χ4n) is 4.50. The topological polar surface area (TPSA) is 60.0 Å². The molecule has 1 amide bonds. The number of nitrogens with zero attached hydrogens (tertiary/aromatic N) is 5. The second-order valence-electron chi connectivity index (χ2n) is 9.09. The van der Waals surface area contributed by atoms with Gasteiger partial charge in [0.05, 0.1) is 11.4 Å². The van der Waals surface area contributed by atoms with Crippen molar-refractivity contribution in [3.05, 3.63) is 41.7 Å². The lowest BCUT2D eigenvalue weighted by Gasteiger charge is -2.34. The number of alkyl halides is 2. The molecule has 5 rings (SSSR count). The van der Waals surface area contributed by atoms with E-state index in [0.29, 0.717) is 42.4 Å². The average molecular weight is 494 g/mol. The van der Waals surface area contributed by atoms with Crippen molar-refractivity contribution in [2.75, 3.05) is 48.4 Å². The van der Waals surface area contributed by atoms with E-state index in [1.807, 2.05) is 4.90 Å². The van der Waals surface area contributed by atoms with Crippen LogP contribution in [0.3, 0.4) is 0 Å². The van der Waals surface area contributed by atoms with Gasteiger partial charge < -0.3 is 4.90 Å². The molecule has 2 aromatic rings. The van der Waals surface area contributed by atoms with Crippen LogP contribution >= 0.6 is 0 Å². The van der Waals surface area contributed by atoms with Gasteiger partial charge in [0.1, 0.15) is 5.82 Å². The maximum atomic E-state index is 14.8. The van der Waals surface area contributed by atoms with Gasteiger partial charge in [0.2, 0.25) is 17.1 Å². The molecule has 0 spiro atoms. The Labute approximate surface area is 198 Å². The number of amides is 1. The standard InChI is InChI=1S/C23H26F3N5O2S/c1-15(32)30-9-7-29(8-10-30)13-16-3-4-19(24)18(11-16)20-5-6-21-22(27-20)28(2)34(33)31(21)14-17-12-23(17,25)26/h3-6,11,17H,7-10,12-14H2,1-2H3.